The highest BCUT2D eigenvalue weighted by molar-refractivity contribution is 5.76. The van der Waals surface area contributed by atoms with Gasteiger partial charge < -0.3 is 10.4 Å². The molecule has 0 saturated heterocycles. The number of nitrogens with one attached hydrogen (secondary N) is 1. The Balaban J connectivity index is 1.82. The van der Waals surface area contributed by atoms with Gasteiger partial charge in [-0.05, 0) is 36.5 Å². The fraction of sp³-hybridized carbons (Fsp3) is 0.438. The van der Waals surface area contributed by atoms with Gasteiger partial charge in [-0.25, -0.2) is 0 Å². The van der Waals surface area contributed by atoms with Gasteiger partial charge in [0.15, 0.2) is 0 Å². The molecule has 1 amide bonds. The average Bonchev–Trinajstić information content (AvgIpc) is 2.39. The molecule has 0 spiro atoms. The highest BCUT2D eigenvalue weighted by atomic mass is 16.2. The zero-order chi connectivity index (χ0) is 13.5. The Kier molecular flexibility index (Phi) is 5.00. The minimum absolute atomic E-state index is 0.136. The molecule has 100 valence electrons. The maximum absolute atomic E-state index is 11.7. The van der Waals surface area contributed by atoms with Crippen molar-refractivity contribution in [3.05, 3.63) is 35.4 Å². The number of hydrogen-bond donors (Lipinski definition) is 2. The van der Waals surface area contributed by atoms with Crippen LogP contribution in [-0.4, -0.2) is 17.6 Å². The summed E-state index contributed by atoms with van der Waals surface area (Å²) in [6.45, 7) is 0.405. The number of hydrogen-bond acceptors (Lipinski definition) is 2. The van der Waals surface area contributed by atoms with Gasteiger partial charge in [-0.2, -0.15) is 0 Å². The monoisotopic (exact) mass is 257 g/mol. The lowest BCUT2D eigenvalue weighted by molar-refractivity contribution is -0.122. The number of rotatable bonds is 4. The molecule has 0 radical (unpaired) electrons. The minimum Gasteiger partial charge on any atom is -0.384 e. The van der Waals surface area contributed by atoms with E-state index in [1.54, 1.807) is 0 Å². The summed E-state index contributed by atoms with van der Waals surface area (Å²) in [4.78, 5) is 11.7. The van der Waals surface area contributed by atoms with Gasteiger partial charge in [0, 0.05) is 18.5 Å². The molecule has 1 fully saturated rings. The Morgan fingerprint density at radius 3 is 2.95 bits per heavy atom. The normalized spacial score (nSPS) is 14.2. The maximum atomic E-state index is 11.7. The summed E-state index contributed by atoms with van der Waals surface area (Å²) in [7, 11) is 0. The summed E-state index contributed by atoms with van der Waals surface area (Å²) in [5.74, 6) is 6.21. The smallest absolute Gasteiger partial charge is 0.220 e. The van der Waals surface area contributed by atoms with Crippen molar-refractivity contribution in [2.45, 2.75) is 32.2 Å². The molecule has 0 aromatic heterocycles. The topological polar surface area (TPSA) is 49.3 Å². The van der Waals surface area contributed by atoms with Crippen LogP contribution in [0, 0.1) is 17.8 Å². The van der Waals surface area contributed by atoms with Crippen LogP contribution >= 0.6 is 0 Å². The summed E-state index contributed by atoms with van der Waals surface area (Å²) in [6, 6.07) is 7.71. The van der Waals surface area contributed by atoms with E-state index >= 15 is 0 Å². The van der Waals surface area contributed by atoms with Gasteiger partial charge in [-0.3, -0.25) is 4.79 Å². The molecule has 1 saturated carbocycles. The third-order valence-corrected chi connectivity index (χ3v) is 3.43. The Bertz CT molecular complexity index is 495. The van der Waals surface area contributed by atoms with Gasteiger partial charge in [0.25, 0.3) is 0 Å². The Morgan fingerprint density at radius 2 is 2.26 bits per heavy atom. The molecule has 0 unspecified atom stereocenters. The van der Waals surface area contributed by atoms with Crippen LogP contribution in [0.1, 0.15) is 36.8 Å². The van der Waals surface area contributed by atoms with Gasteiger partial charge >= 0.3 is 0 Å². The van der Waals surface area contributed by atoms with Crippen LogP contribution in [0.15, 0.2) is 24.3 Å². The molecule has 1 aromatic carbocycles. The van der Waals surface area contributed by atoms with Crippen molar-refractivity contribution in [2.24, 2.45) is 5.92 Å². The summed E-state index contributed by atoms with van der Waals surface area (Å²) in [6.07, 6.45) is 4.31. The van der Waals surface area contributed by atoms with Crippen molar-refractivity contribution >= 4 is 5.91 Å². The standard InChI is InChI=1S/C16H19NO2/c18-9-3-8-13-4-2-7-15(10-13)12-17-16(19)11-14-5-1-6-14/h2,4,7,10,14,18H,1,5-6,9,11-12H2,(H,17,19). The summed E-state index contributed by atoms with van der Waals surface area (Å²) in [5.41, 5.74) is 1.89. The fourth-order valence-corrected chi connectivity index (χ4v) is 2.13. The number of aliphatic hydroxyl groups is 1. The molecule has 0 atom stereocenters. The van der Waals surface area contributed by atoms with Crippen molar-refractivity contribution in [1.29, 1.82) is 0 Å². The first kappa shape index (κ1) is 13.6. The van der Waals surface area contributed by atoms with Crippen LogP contribution in [0.2, 0.25) is 0 Å². The van der Waals surface area contributed by atoms with Crippen LogP contribution in [0.4, 0.5) is 0 Å². The predicted octanol–water partition coefficient (Wildman–Crippen LogP) is 1.84. The predicted molar refractivity (Wildman–Crippen MR) is 74.2 cm³/mol. The second-order valence-electron chi connectivity index (χ2n) is 4.94. The van der Waals surface area contributed by atoms with Crippen LogP contribution in [0.5, 0.6) is 0 Å². The van der Waals surface area contributed by atoms with E-state index in [1.165, 1.54) is 19.3 Å². The highest BCUT2D eigenvalue weighted by Gasteiger charge is 2.20. The van der Waals surface area contributed by atoms with Crippen LogP contribution in [0.3, 0.4) is 0 Å². The average molecular weight is 257 g/mol. The van der Waals surface area contributed by atoms with Crippen molar-refractivity contribution in [2.75, 3.05) is 6.61 Å². The molecule has 0 heterocycles. The highest BCUT2D eigenvalue weighted by Crippen LogP contribution is 2.29. The molecular weight excluding hydrogens is 238 g/mol. The van der Waals surface area contributed by atoms with Crippen molar-refractivity contribution < 1.29 is 9.90 Å². The molecule has 1 aromatic rings. The van der Waals surface area contributed by atoms with Gasteiger partial charge in [0.1, 0.15) is 6.61 Å². The molecule has 3 nitrogen and oxygen atoms in total. The quantitative estimate of drug-likeness (QED) is 0.809. The molecule has 0 aliphatic heterocycles. The first-order chi connectivity index (χ1) is 9.28. The van der Waals surface area contributed by atoms with E-state index in [1.807, 2.05) is 24.3 Å². The Hall–Kier alpha value is -1.79. The number of aliphatic hydroxyl groups excluding tert-OH is 1. The van der Waals surface area contributed by atoms with E-state index in [0.29, 0.717) is 18.9 Å². The molecule has 2 rings (SSSR count). The van der Waals surface area contributed by atoms with Crippen LogP contribution in [-0.2, 0) is 11.3 Å². The zero-order valence-electron chi connectivity index (χ0n) is 11.0. The Labute approximate surface area is 114 Å². The second kappa shape index (κ2) is 6.96. The van der Waals surface area contributed by atoms with E-state index < -0.39 is 0 Å². The molecule has 1 aliphatic rings. The third kappa shape index (κ3) is 4.42. The van der Waals surface area contributed by atoms with Crippen molar-refractivity contribution in [1.82, 2.24) is 5.32 Å². The lowest BCUT2D eigenvalue weighted by atomic mass is 9.83. The van der Waals surface area contributed by atoms with Crippen molar-refractivity contribution in [3.8, 4) is 11.8 Å². The molecule has 19 heavy (non-hydrogen) atoms. The second-order valence-corrected chi connectivity index (χ2v) is 4.94. The number of amides is 1. The number of carbonyl (C=O) groups excluding carboxylic acids is 1. The van der Waals surface area contributed by atoms with Gasteiger partial charge in [-0.1, -0.05) is 30.4 Å². The summed E-state index contributed by atoms with van der Waals surface area (Å²) >= 11 is 0. The number of benzene rings is 1. The van der Waals surface area contributed by atoms with Crippen LogP contribution < -0.4 is 5.32 Å². The largest absolute Gasteiger partial charge is 0.384 e. The van der Waals surface area contributed by atoms with Gasteiger partial charge in [-0.15, -0.1) is 0 Å². The molecule has 0 bridgehead atoms. The zero-order valence-corrected chi connectivity index (χ0v) is 11.0. The molecule has 2 N–H and O–H groups in total. The number of carbonyl (C=O) groups is 1. The van der Waals surface area contributed by atoms with E-state index in [0.717, 1.165) is 11.1 Å². The van der Waals surface area contributed by atoms with Gasteiger partial charge in [0.05, 0.1) is 0 Å². The van der Waals surface area contributed by atoms with Crippen LogP contribution in [0.25, 0.3) is 0 Å². The van der Waals surface area contributed by atoms with Crippen molar-refractivity contribution in [3.63, 3.8) is 0 Å². The lowest BCUT2D eigenvalue weighted by Gasteiger charge is -2.24. The fourth-order valence-electron chi connectivity index (χ4n) is 2.13. The summed E-state index contributed by atoms with van der Waals surface area (Å²) in [5, 5.41) is 11.6. The SMILES string of the molecule is O=C(CC1CCC1)NCc1cccc(C#CCO)c1. The third-order valence-electron chi connectivity index (χ3n) is 3.43. The Morgan fingerprint density at radius 1 is 1.42 bits per heavy atom. The van der Waals surface area contributed by atoms with E-state index in [9.17, 15) is 4.79 Å². The minimum atomic E-state index is -0.137. The molecule has 3 heteroatoms. The lowest BCUT2D eigenvalue weighted by Crippen LogP contribution is -2.27. The maximum Gasteiger partial charge on any atom is 0.220 e. The first-order valence-electron chi connectivity index (χ1n) is 6.73. The first-order valence-corrected chi connectivity index (χ1v) is 6.73. The van der Waals surface area contributed by atoms with E-state index in [4.69, 9.17) is 5.11 Å². The summed E-state index contributed by atoms with van der Waals surface area (Å²) < 4.78 is 0. The van der Waals surface area contributed by atoms with E-state index in [2.05, 4.69) is 17.2 Å². The van der Waals surface area contributed by atoms with Gasteiger partial charge in [0.2, 0.25) is 5.91 Å². The molecular formula is C16H19NO2. The van der Waals surface area contributed by atoms with E-state index in [-0.39, 0.29) is 12.5 Å². The molecule has 1 aliphatic carbocycles.